The molecule has 0 aliphatic carbocycles. The first-order chi connectivity index (χ1) is 12.0. The van der Waals surface area contributed by atoms with E-state index in [9.17, 15) is 17.9 Å². The number of halogens is 1. The lowest BCUT2D eigenvalue weighted by molar-refractivity contribution is 0.0697. The topological polar surface area (TPSA) is 93.6 Å². The average Bonchev–Trinajstić information content (AvgIpc) is 3.05. The zero-order chi connectivity index (χ0) is 18.0. The second-order valence-corrected chi connectivity index (χ2v) is 6.68. The standard InChI is InChI=1S/C16H11FN2O4S2/c17-12-5-1-10(2-6-12)15-18-9-14(24-15)19(25(22)23)13-7-3-11(4-8-13)16(20)21/h1-9H,(H,20,21)(H,22,23)/p-1. The minimum Gasteiger partial charge on any atom is -0.755 e. The molecular weight excluding hydrogens is 367 g/mol. The molecule has 0 aliphatic heterocycles. The Labute approximate surface area is 148 Å². The maximum atomic E-state index is 13.0. The maximum Gasteiger partial charge on any atom is 0.335 e. The molecule has 3 rings (SSSR count). The SMILES string of the molecule is O=C(O)c1ccc(N(c2cnc(-c3ccc(F)cc3)s2)S(=O)[O-])cc1. The molecule has 128 valence electrons. The van der Waals surface area contributed by atoms with Crippen LogP contribution in [0.15, 0.2) is 54.7 Å². The molecule has 0 spiro atoms. The van der Waals surface area contributed by atoms with Gasteiger partial charge in [0.1, 0.15) is 15.8 Å². The molecule has 0 amide bonds. The van der Waals surface area contributed by atoms with Gasteiger partial charge in [0.25, 0.3) is 0 Å². The number of benzene rings is 2. The highest BCUT2D eigenvalue weighted by Gasteiger charge is 2.15. The molecule has 0 bridgehead atoms. The van der Waals surface area contributed by atoms with Crippen molar-refractivity contribution in [1.82, 2.24) is 4.98 Å². The van der Waals surface area contributed by atoms with E-state index < -0.39 is 17.2 Å². The number of aromatic carboxylic acids is 1. The molecule has 0 fully saturated rings. The highest BCUT2D eigenvalue weighted by atomic mass is 32.2. The van der Waals surface area contributed by atoms with Gasteiger partial charge in [-0.1, -0.05) is 11.3 Å². The molecule has 0 saturated heterocycles. The van der Waals surface area contributed by atoms with Crippen molar-refractivity contribution >= 4 is 39.3 Å². The lowest BCUT2D eigenvalue weighted by atomic mass is 10.2. The van der Waals surface area contributed by atoms with Crippen LogP contribution in [0.4, 0.5) is 15.1 Å². The number of rotatable bonds is 5. The van der Waals surface area contributed by atoms with E-state index in [0.717, 1.165) is 15.6 Å². The number of thiazole rings is 1. The van der Waals surface area contributed by atoms with Crippen molar-refractivity contribution in [3.63, 3.8) is 0 Å². The zero-order valence-corrected chi connectivity index (χ0v) is 14.1. The number of nitrogens with zero attached hydrogens (tertiary/aromatic N) is 2. The molecule has 9 heteroatoms. The van der Waals surface area contributed by atoms with Crippen molar-refractivity contribution in [3.8, 4) is 10.6 Å². The van der Waals surface area contributed by atoms with E-state index in [1.54, 1.807) is 12.1 Å². The highest BCUT2D eigenvalue weighted by Crippen LogP contribution is 2.35. The number of hydrogen-bond acceptors (Lipinski definition) is 5. The molecule has 1 atom stereocenters. The van der Waals surface area contributed by atoms with Gasteiger partial charge in [0.2, 0.25) is 0 Å². The smallest absolute Gasteiger partial charge is 0.335 e. The Morgan fingerprint density at radius 3 is 2.36 bits per heavy atom. The van der Waals surface area contributed by atoms with E-state index in [-0.39, 0.29) is 17.1 Å². The number of carbonyl (C=O) groups is 1. The van der Waals surface area contributed by atoms with Crippen LogP contribution < -0.4 is 4.31 Å². The zero-order valence-electron chi connectivity index (χ0n) is 12.5. The first kappa shape index (κ1) is 17.2. The Bertz CT molecular complexity index is 926. The van der Waals surface area contributed by atoms with Gasteiger partial charge >= 0.3 is 5.97 Å². The number of carboxylic acid groups (broad SMARTS) is 1. The molecule has 0 aliphatic rings. The number of hydrogen-bond donors (Lipinski definition) is 1. The summed E-state index contributed by atoms with van der Waals surface area (Å²) in [5.41, 5.74) is 1.000. The fourth-order valence-corrected chi connectivity index (χ4v) is 3.75. The van der Waals surface area contributed by atoms with Gasteiger partial charge in [-0.05, 0) is 48.5 Å². The normalized spacial score (nSPS) is 11.9. The highest BCUT2D eigenvalue weighted by molar-refractivity contribution is 7.81. The largest absolute Gasteiger partial charge is 0.755 e. The van der Waals surface area contributed by atoms with Crippen LogP contribution >= 0.6 is 11.3 Å². The van der Waals surface area contributed by atoms with Gasteiger partial charge in [-0.2, -0.15) is 0 Å². The van der Waals surface area contributed by atoms with Crippen molar-refractivity contribution < 1.29 is 23.1 Å². The Balaban J connectivity index is 1.95. The summed E-state index contributed by atoms with van der Waals surface area (Å²) in [6.07, 6.45) is 1.39. The summed E-state index contributed by atoms with van der Waals surface area (Å²) in [6, 6.07) is 11.1. The lowest BCUT2D eigenvalue weighted by Gasteiger charge is -2.24. The summed E-state index contributed by atoms with van der Waals surface area (Å²) in [6.45, 7) is 0. The molecule has 25 heavy (non-hydrogen) atoms. The third-order valence-corrected chi connectivity index (χ3v) is 5.14. The number of carboxylic acids is 1. The van der Waals surface area contributed by atoms with Gasteiger partial charge in [-0.25, -0.2) is 14.2 Å². The van der Waals surface area contributed by atoms with Gasteiger partial charge in [0, 0.05) is 5.56 Å². The summed E-state index contributed by atoms with van der Waals surface area (Å²) in [5.74, 6) is -1.47. The summed E-state index contributed by atoms with van der Waals surface area (Å²) in [5, 5.41) is 9.78. The van der Waals surface area contributed by atoms with Crippen molar-refractivity contribution in [2.75, 3.05) is 4.31 Å². The predicted octanol–water partition coefficient (Wildman–Crippen LogP) is 3.58. The monoisotopic (exact) mass is 377 g/mol. The molecule has 0 radical (unpaired) electrons. The number of anilines is 2. The Hall–Kier alpha value is -2.62. The quantitative estimate of drug-likeness (QED) is 0.686. The summed E-state index contributed by atoms with van der Waals surface area (Å²) in [7, 11) is 0. The van der Waals surface area contributed by atoms with E-state index in [1.165, 1.54) is 42.6 Å². The van der Waals surface area contributed by atoms with Crippen LogP contribution in [0.2, 0.25) is 0 Å². The van der Waals surface area contributed by atoms with Crippen LogP contribution in [0.25, 0.3) is 10.6 Å². The van der Waals surface area contributed by atoms with Gasteiger partial charge in [0.05, 0.1) is 28.7 Å². The van der Waals surface area contributed by atoms with Crippen LogP contribution in [0.3, 0.4) is 0 Å². The molecule has 0 saturated carbocycles. The predicted molar refractivity (Wildman–Crippen MR) is 92.0 cm³/mol. The molecule has 1 heterocycles. The van der Waals surface area contributed by atoms with Crippen LogP contribution in [0.1, 0.15) is 10.4 Å². The molecule has 3 aromatic rings. The summed E-state index contributed by atoms with van der Waals surface area (Å²) in [4.78, 5) is 15.1. The summed E-state index contributed by atoms with van der Waals surface area (Å²) >= 11 is -1.51. The molecule has 2 aromatic carbocycles. The van der Waals surface area contributed by atoms with Crippen LogP contribution in [0, 0.1) is 5.82 Å². The second-order valence-electron chi connectivity index (χ2n) is 4.87. The average molecular weight is 377 g/mol. The third kappa shape index (κ3) is 3.73. The second kappa shape index (κ2) is 7.09. The third-order valence-electron chi connectivity index (χ3n) is 3.28. The van der Waals surface area contributed by atoms with E-state index in [0.29, 0.717) is 15.6 Å². The van der Waals surface area contributed by atoms with E-state index >= 15 is 0 Å². The molecule has 1 aromatic heterocycles. The Kier molecular flexibility index (Phi) is 4.88. The Morgan fingerprint density at radius 1 is 1.16 bits per heavy atom. The molecular formula is C16H10FN2O4S2-. The van der Waals surface area contributed by atoms with Crippen molar-refractivity contribution in [1.29, 1.82) is 0 Å². The van der Waals surface area contributed by atoms with Crippen LogP contribution in [0.5, 0.6) is 0 Å². The van der Waals surface area contributed by atoms with Crippen molar-refractivity contribution in [3.05, 3.63) is 66.1 Å². The maximum absolute atomic E-state index is 13.0. The van der Waals surface area contributed by atoms with Crippen molar-refractivity contribution in [2.24, 2.45) is 0 Å². The van der Waals surface area contributed by atoms with Crippen molar-refractivity contribution in [2.45, 2.75) is 0 Å². The van der Waals surface area contributed by atoms with Crippen LogP contribution in [-0.2, 0) is 11.3 Å². The fourth-order valence-electron chi connectivity index (χ4n) is 2.11. The van der Waals surface area contributed by atoms with Crippen LogP contribution in [-0.4, -0.2) is 24.8 Å². The minimum absolute atomic E-state index is 0.0525. The van der Waals surface area contributed by atoms with Gasteiger partial charge < -0.3 is 9.66 Å². The van der Waals surface area contributed by atoms with E-state index in [1.807, 2.05) is 0 Å². The number of aromatic nitrogens is 1. The molecule has 1 N–H and O–H groups in total. The lowest BCUT2D eigenvalue weighted by Crippen LogP contribution is -2.18. The van der Waals surface area contributed by atoms with Gasteiger partial charge in [-0.3, -0.25) is 8.51 Å². The first-order valence-corrected chi connectivity index (χ1v) is 8.75. The molecule has 1 unspecified atom stereocenters. The first-order valence-electron chi connectivity index (χ1n) is 6.90. The van der Waals surface area contributed by atoms with E-state index in [2.05, 4.69) is 4.98 Å². The Morgan fingerprint density at radius 2 is 1.80 bits per heavy atom. The summed E-state index contributed by atoms with van der Waals surface area (Å²) < 4.78 is 37.3. The van der Waals surface area contributed by atoms with Gasteiger partial charge in [-0.15, -0.1) is 0 Å². The van der Waals surface area contributed by atoms with E-state index in [4.69, 9.17) is 5.11 Å². The minimum atomic E-state index is -2.62. The van der Waals surface area contributed by atoms with Gasteiger partial charge in [0.15, 0.2) is 0 Å². The molecule has 6 nitrogen and oxygen atoms in total. The fraction of sp³-hybridized carbons (Fsp3) is 0.